The zero-order chi connectivity index (χ0) is 49.8. The van der Waals surface area contributed by atoms with Crippen LogP contribution in [0.15, 0.2) is 24.3 Å². The summed E-state index contributed by atoms with van der Waals surface area (Å²) in [6.07, 6.45) is 3.74. The lowest BCUT2D eigenvalue weighted by atomic mass is 9.96. The van der Waals surface area contributed by atoms with Crippen LogP contribution >= 0.6 is 0 Å². The first-order chi connectivity index (χ1) is 32.8. The summed E-state index contributed by atoms with van der Waals surface area (Å²) in [5.74, 6) is -0.288. The Kier molecular flexibility index (Phi) is 30.8. The van der Waals surface area contributed by atoms with Gasteiger partial charge in [-0.15, -0.1) is 0 Å². The van der Waals surface area contributed by atoms with Crippen LogP contribution in [0, 0.1) is 0 Å². The van der Waals surface area contributed by atoms with E-state index in [0.29, 0.717) is 6.42 Å². The summed E-state index contributed by atoms with van der Waals surface area (Å²) in [5.41, 5.74) is 0. The molecule has 12 N–H and O–H groups in total. The molecule has 17 unspecified atom stereocenters. The molecule has 3 fully saturated rings. The third-order valence-electron chi connectivity index (χ3n) is 13.0. The van der Waals surface area contributed by atoms with Crippen molar-refractivity contribution in [3.8, 4) is 0 Å². The number of amides is 1. The standard InChI is InChI=1S/C49H89NO18/c1-3-5-7-9-11-12-13-14-15-16-17-18-19-20-21-23-25-27-37(55)50-32(33(54)26-24-22-10-8-6-4-2)31-63-47-43(61)40(58)45(35(29-52)65-47)68-49-44(62)41(59)46(36(30-53)66-49)67-48-42(60)39(57)38(56)34(28-51)64-48/h14-15,24,26,32-36,38-49,51-54,56-62H,3-13,16-23,25,27-31H2,1-2H3,(H,50,55)/b15-14-,26-24+. The molecule has 3 rings (SSSR count). The maximum absolute atomic E-state index is 13.1. The Hall–Kier alpha value is -1.73. The molecule has 1 amide bonds. The van der Waals surface area contributed by atoms with Crippen molar-refractivity contribution in [1.29, 1.82) is 0 Å². The molecule has 0 spiro atoms. The van der Waals surface area contributed by atoms with Gasteiger partial charge < -0.3 is 89.9 Å². The van der Waals surface area contributed by atoms with Gasteiger partial charge in [-0.3, -0.25) is 4.79 Å². The van der Waals surface area contributed by atoms with Crippen molar-refractivity contribution in [2.45, 2.75) is 253 Å². The van der Waals surface area contributed by atoms with Crippen molar-refractivity contribution in [2.24, 2.45) is 0 Å². The summed E-state index contributed by atoms with van der Waals surface area (Å²) < 4.78 is 34.0. The van der Waals surface area contributed by atoms with Crippen molar-refractivity contribution in [1.82, 2.24) is 5.32 Å². The van der Waals surface area contributed by atoms with E-state index < -0.39 is 124 Å². The summed E-state index contributed by atoms with van der Waals surface area (Å²) in [5, 5.41) is 119. The van der Waals surface area contributed by atoms with Crippen LogP contribution in [0.25, 0.3) is 0 Å². The molecule has 3 saturated heterocycles. The third kappa shape index (κ3) is 20.4. The van der Waals surface area contributed by atoms with Gasteiger partial charge in [-0.05, 0) is 44.9 Å². The molecule has 68 heavy (non-hydrogen) atoms. The number of unbranched alkanes of at least 4 members (excludes halogenated alkanes) is 17. The van der Waals surface area contributed by atoms with Crippen molar-refractivity contribution in [3.63, 3.8) is 0 Å². The van der Waals surface area contributed by atoms with Gasteiger partial charge in [0.1, 0.15) is 73.2 Å². The fourth-order valence-corrected chi connectivity index (χ4v) is 8.65. The molecule has 0 aromatic heterocycles. The average molecular weight is 980 g/mol. The molecule has 19 nitrogen and oxygen atoms in total. The highest BCUT2D eigenvalue weighted by molar-refractivity contribution is 5.76. The third-order valence-corrected chi connectivity index (χ3v) is 13.0. The quantitative estimate of drug-likeness (QED) is 0.0317. The molecule has 0 radical (unpaired) electrons. The molecule has 0 saturated carbocycles. The summed E-state index contributed by atoms with van der Waals surface area (Å²) in [6, 6.07) is -0.968. The molecule has 0 aliphatic carbocycles. The van der Waals surface area contributed by atoms with Crippen LogP contribution in [0.4, 0.5) is 0 Å². The SMILES string of the molecule is CCCCCC/C=C/C(O)C(COC1OC(CO)C(OC2OC(CO)C(OC3OC(CO)C(O)C(O)C3O)C(O)C2O)C(O)C1O)NC(=O)CCCCCCCCC/C=C\CCCCCCCC. The van der Waals surface area contributed by atoms with Gasteiger partial charge in [-0.2, -0.15) is 0 Å². The van der Waals surface area contributed by atoms with E-state index in [-0.39, 0.29) is 18.9 Å². The van der Waals surface area contributed by atoms with E-state index in [1.54, 1.807) is 6.08 Å². The van der Waals surface area contributed by atoms with E-state index in [2.05, 4.69) is 31.3 Å². The Morgan fingerprint density at radius 2 is 0.926 bits per heavy atom. The lowest BCUT2D eigenvalue weighted by Gasteiger charge is -2.48. The van der Waals surface area contributed by atoms with E-state index >= 15 is 0 Å². The number of carbonyl (C=O) groups is 1. The Labute approximate surface area is 403 Å². The first kappa shape index (κ1) is 60.6. The zero-order valence-corrected chi connectivity index (χ0v) is 40.6. The number of nitrogens with one attached hydrogen (secondary N) is 1. The summed E-state index contributed by atoms with van der Waals surface area (Å²) in [7, 11) is 0. The average Bonchev–Trinajstić information content (AvgIpc) is 3.33. The highest BCUT2D eigenvalue weighted by Crippen LogP contribution is 2.33. The number of carbonyl (C=O) groups excluding carboxylic acids is 1. The number of aliphatic hydroxyl groups is 11. The first-order valence-corrected chi connectivity index (χ1v) is 25.6. The van der Waals surface area contributed by atoms with E-state index in [0.717, 1.165) is 64.2 Å². The van der Waals surface area contributed by atoms with Crippen LogP contribution in [0.5, 0.6) is 0 Å². The molecule has 3 heterocycles. The molecular formula is C49H89NO18. The van der Waals surface area contributed by atoms with Gasteiger partial charge in [0.15, 0.2) is 18.9 Å². The van der Waals surface area contributed by atoms with Gasteiger partial charge in [0.25, 0.3) is 0 Å². The highest BCUT2D eigenvalue weighted by atomic mass is 16.8. The molecule has 0 aromatic carbocycles. The highest BCUT2D eigenvalue weighted by Gasteiger charge is 2.53. The molecule has 0 bridgehead atoms. The molecule has 19 heteroatoms. The summed E-state index contributed by atoms with van der Waals surface area (Å²) in [6.45, 7) is 1.58. The minimum atomic E-state index is -1.97. The minimum Gasteiger partial charge on any atom is -0.394 e. The maximum Gasteiger partial charge on any atom is 0.220 e. The van der Waals surface area contributed by atoms with Gasteiger partial charge in [-0.1, -0.05) is 122 Å². The number of hydrogen-bond acceptors (Lipinski definition) is 18. The predicted octanol–water partition coefficient (Wildman–Crippen LogP) is 1.64. The number of hydrogen-bond donors (Lipinski definition) is 12. The van der Waals surface area contributed by atoms with E-state index in [9.17, 15) is 61.0 Å². The Morgan fingerprint density at radius 1 is 0.515 bits per heavy atom. The number of allylic oxidation sites excluding steroid dienone is 3. The molecule has 3 aliphatic heterocycles. The zero-order valence-electron chi connectivity index (χ0n) is 40.6. The second-order valence-corrected chi connectivity index (χ2v) is 18.6. The number of aliphatic hydroxyl groups excluding tert-OH is 11. The lowest BCUT2D eigenvalue weighted by Crippen LogP contribution is -2.66. The van der Waals surface area contributed by atoms with Gasteiger partial charge >= 0.3 is 0 Å². The van der Waals surface area contributed by atoms with Crippen molar-refractivity contribution in [3.05, 3.63) is 24.3 Å². The smallest absolute Gasteiger partial charge is 0.220 e. The molecule has 398 valence electrons. The monoisotopic (exact) mass is 980 g/mol. The second kappa shape index (κ2) is 34.6. The van der Waals surface area contributed by atoms with Gasteiger partial charge in [0.05, 0.1) is 38.6 Å². The van der Waals surface area contributed by atoms with Crippen LogP contribution < -0.4 is 5.32 Å². The van der Waals surface area contributed by atoms with Crippen molar-refractivity contribution < 1.29 is 89.4 Å². The molecule has 17 atom stereocenters. The predicted molar refractivity (Wildman–Crippen MR) is 250 cm³/mol. The van der Waals surface area contributed by atoms with Crippen LogP contribution in [-0.4, -0.2) is 193 Å². The van der Waals surface area contributed by atoms with Gasteiger partial charge in [0.2, 0.25) is 5.91 Å². The van der Waals surface area contributed by atoms with E-state index in [4.69, 9.17) is 28.4 Å². The number of rotatable bonds is 35. The molecule has 0 aromatic rings. The maximum atomic E-state index is 13.1. The number of ether oxygens (including phenoxy) is 6. The van der Waals surface area contributed by atoms with Gasteiger partial charge in [0, 0.05) is 6.42 Å². The Balaban J connectivity index is 1.51. The lowest BCUT2D eigenvalue weighted by molar-refractivity contribution is -0.379. The van der Waals surface area contributed by atoms with Crippen molar-refractivity contribution >= 4 is 5.91 Å². The fourth-order valence-electron chi connectivity index (χ4n) is 8.65. The summed E-state index contributed by atoms with van der Waals surface area (Å²) in [4.78, 5) is 13.1. The van der Waals surface area contributed by atoms with Crippen molar-refractivity contribution in [2.75, 3.05) is 26.4 Å². The van der Waals surface area contributed by atoms with Crippen LogP contribution in [0.2, 0.25) is 0 Å². The normalized spacial score (nSPS) is 33.3. The van der Waals surface area contributed by atoms with E-state index in [1.165, 1.54) is 57.8 Å². The first-order valence-electron chi connectivity index (χ1n) is 25.6. The summed E-state index contributed by atoms with van der Waals surface area (Å²) >= 11 is 0. The second-order valence-electron chi connectivity index (χ2n) is 18.6. The van der Waals surface area contributed by atoms with Gasteiger partial charge in [-0.25, -0.2) is 0 Å². The Bertz CT molecular complexity index is 1360. The molecule has 3 aliphatic rings. The largest absolute Gasteiger partial charge is 0.394 e. The van der Waals surface area contributed by atoms with E-state index in [1.807, 2.05) is 6.08 Å². The molecular weight excluding hydrogens is 891 g/mol. The minimum absolute atomic E-state index is 0.238. The van der Waals surface area contributed by atoms with Crippen LogP contribution in [0.1, 0.15) is 149 Å². The Morgan fingerprint density at radius 3 is 1.44 bits per heavy atom. The topological polar surface area (TPSA) is 307 Å². The van der Waals surface area contributed by atoms with Crippen LogP contribution in [-0.2, 0) is 33.2 Å². The van der Waals surface area contributed by atoms with Crippen LogP contribution in [0.3, 0.4) is 0 Å². The fraction of sp³-hybridized carbons (Fsp3) is 0.898.